The number of nitrogens with zero attached hydrogens (tertiary/aromatic N) is 3. The molecule has 3 aromatic carbocycles. The fraction of sp³-hybridized carbons (Fsp3) is 0.0952. The second kappa shape index (κ2) is 5.81. The van der Waals surface area contributed by atoms with Crippen molar-refractivity contribution in [3.05, 3.63) is 66.2 Å². The summed E-state index contributed by atoms with van der Waals surface area (Å²) in [7, 11) is 1.67. The van der Waals surface area contributed by atoms with Gasteiger partial charge in [0, 0.05) is 0 Å². The number of nitrogens with one attached hydrogen (secondary N) is 1. The largest absolute Gasteiger partial charge is 0.497 e. The minimum absolute atomic E-state index is 0.672. The Morgan fingerprint density at radius 3 is 2.23 bits per heavy atom. The van der Waals surface area contributed by atoms with Crippen molar-refractivity contribution >= 4 is 39.2 Å². The van der Waals surface area contributed by atoms with Crippen LogP contribution in [0, 0.1) is 0 Å². The van der Waals surface area contributed by atoms with Gasteiger partial charge in [-0.15, -0.1) is 0 Å². The summed E-state index contributed by atoms with van der Waals surface area (Å²) >= 11 is 0. The molecule has 5 rings (SSSR count). The summed E-state index contributed by atoms with van der Waals surface area (Å²) in [4.78, 5) is 14.3. The smallest absolute Gasteiger partial charge is 0.118 e. The molecule has 0 unspecified atom stereocenters. The summed E-state index contributed by atoms with van der Waals surface area (Å²) in [5.74, 6) is 0.840. The number of rotatable bonds is 2. The van der Waals surface area contributed by atoms with Crippen LogP contribution in [0.1, 0.15) is 5.56 Å². The van der Waals surface area contributed by atoms with Crippen LogP contribution in [0.3, 0.4) is 0 Å². The second-order valence-electron chi connectivity index (χ2n) is 6.21. The van der Waals surface area contributed by atoms with Gasteiger partial charge in [0.05, 0.1) is 52.8 Å². The van der Waals surface area contributed by atoms with Gasteiger partial charge in [-0.1, -0.05) is 12.1 Å². The molecule has 4 aromatic rings. The molecule has 0 aliphatic carbocycles. The zero-order valence-corrected chi connectivity index (χ0v) is 14.2. The molecule has 2 heterocycles. The van der Waals surface area contributed by atoms with Gasteiger partial charge in [-0.25, -0.2) is 15.0 Å². The predicted molar refractivity (Wildman–Crippen MR) is 105 cm³/mol. The van der Waals surface area contributed by atoms with Crippen LogP contribution in [0.4, 0.5) is 11.4 Å². The average Bonchev–Trinajstić information content (AvgIpc) is 2.70. The van der Waals surface area contributed by atoms with Gasteiger partial charge in [0.25, 0.3) is 0 Å². The maximum atomic E-state index is 5.23. The van der Waals surface area contributed by atoms with E-state index >= 15 is 0 Å². The molecule has 0 saturated carbocycles. The number of hydrogen-bond donors (Lipinski definition) is 1. The third-order valence-electron chi connectivity index (χ3n) is 4.58. The maximum absolute atomic E-state index is 5.23. The summed E-state index contributed by atoms with van der Waals surface area (Å²) in [6.45, 7) is 0.672. The maximum Gasteiger partial charge on any atom is 0.118 e. The molecule has 0 atom stereocenters. The highest BCUT2D eigenvalue weighted by Gasteiger charge is 2.15. The first-order chi connectivity index (χ1) is 12.8. The van der Waals surface area contributed by atoms with E-state index in [2.05, 4.69) is 5.32 Å². The van der Waals surface area contributed by atoms with Gasteiger partial charge >= 0.3 is 0 Å². The molecule has 1 N–H and O–H groups in total. The minimum atomic E-state index is 0.672. The molecule has 0 saturated heterocycles. The Bertz CT molecular complexity index is 1170. The minimum Gasteiger partial charge on any atom is -0.497 e. The van der Waals surface area contributed by atoms with Crippen LogP contribution in [0.2, 0.25) is 0 Å². The number of benzene rings is 3. The van der Waals surface area contributed by atoms with Crippen molar-refractivity contribution < 1.29 is 4.74 Å². The number of aromatic nitrogens is 2. The van der Waals surface area contributed by atoms with Gasteiger partial charge in [-0.05, 0) is 54.1 Å². The van der Waals surface area contributed by atoms with Crippen molar-refractivity contribution in [2.24, 2.45) is 4.99 Å². The Morgan fingerprint density at radius 2 is 1.54 bits per heavy atom. The van der Waals surface area contributed by atoms with Crippen LogP contribution in [-0.2, 0) is 0 Å². The van der Waals surface area contributed by atoms with E-state index in [0.717, 1.165) is 50.5 Å². The molecule has 126 valence electrons. The fourth-order valence-corrected chi connectivity index (χ4v) is 3.21. The molecular formula is C21H16N4O. The van der Waals surface area contributed by atoms with Gasteiger partial charge in [-0.3, -0.25) is 0 Å². The van der Waals surface area contributed by atoms with E-state index in [1.54, 1.807) is 7.11 Å². The first kappa shape index (κ1) is 14.8. The number of para-hydroxylation sites is 2. The topological polar surface area (TPSA) is 59.4 Å². The Kier molecular flexibility index (Phi) is 3.31. The van der Waals surface area contributed by atoms with Crippen LogP contribution < -0.4 is 10.1 Å². The quantitative estimate of drug-likeness (QED) is 0.552. The molecule has 0 amide bonds. The Balaban J connectivity index is 1.62. The van der Waals surface area contributed by atoms with Crippen molar-refractivity contribution in [3.8, 4) is 5.75 Å². The SMILES string of the molecule is COc1ccc(C2=Nc3cc4nc5ccccc5nc4cc3NC2)cc1. The standard InChI is InChI=1S/C21H16N4O/c1-26-14-8-6-13(7-9-14)21-12-22-17-10-19-20(11-18(17)25-21)24-16-5-3-2-4-15(16)23-19/h2-11,22H,12H2,1H3. The molecule has 1 aliphatic rings. The second-order valence-corrected chi connectivity index (χ2v) is 6.21. The lowest BCUT2D eigenvalue weighted by Gasteiger charge is -2.18. The summed E-state index contributed by atoms with van der Waals surface area (Å²) in [6.07, 6.45) is 0. The average molecular weight is 340 g/mol. The summed E-state index contributed by atoms with van der Waals surface area (Å²) in [5.41, 5.74) is 7.46. The van der Waals surface area contributed by atoms with Gasteiger partial charge in [0.15, 0.2) is 0 Å². The lowest BCUT2D eigenvalue weighted by Crippen LogP contribution is -2.18. The summed E-state index contributed by atoms with van der Waals surface area (Å²) in [5, 5.41) is 3.45. The normalized spacial score (nSPS) is 13.2. The molecule has 5 nitrogen and oxygen atoms in total. The lowest BCUT2D eigenvalue weighted by molar-refractivity contribution is 0.415. The number of ether oxygens (including phenoxy) is 1. The van der Waals surface area contributed by atoms with Crippen molar-refractivity contribution in [3.63, 3.8) is 0 Å². The van der Waals surface area contributed by atoms with E-state index < -0.39 is 0 Å². The zero-order valence-electron chi connectivity index (χ0n) is 14.2. The molecule has 0 fully saturated rings. The van der Waals surface area contributed by atoms with E-state index in [1.807, 2.05) is 60.7 Å². The van der Waals surface area contributed by atoms with E-state index in [4.69, 9.17) is 19.7 Å². The van der Waals surface area contributed by atoms with Gasteiger partial charge < -0.3 is 10.1 Å². The third kappa shape index (κ3) is 2.45. The molecule has 0 spiro atoms. The van der Waals surface area contributed by atoms with E-state index in [1.165, 1.54) is 0 Å². The molecule has 0 radical (unpaired) electrons. The van der Waals surface area contributed by atoms with Crippen LogP contribution in [0.15, 0.2) is 65.7 Å². The van der Waals surface area contributed by atoms with Crippen LogP contribution >= 0.6 is 0 Å². The summed E-state index contributed by atoms with van der Waals surface area (Å²) in [6, 6.07) is 19.9. The highest BCUT2D eigenvalue weighted by Crippen LogP contribution is 2.33. The van der Waals surface area contributed by atoms with Crippen molar-refractivity contribution in [2.75, 3.05) is 19.0 Å². The molecule has 26 heavy (non-hydrogen) atoms. The monoisotopic (exact) mass is 340 g/mol. The van der Waals surface area contributed by atoms with Gasteiger partial charge in [0.2, 0.25) is 0 Å². The highest BCUT2D eigenvalue weighted by molar-refractivity contribution is 6.08. The number of hydrogen-bond acceptors (Lipinski definition) is 5. The molecule has 0 bridgehead atoms. The third-order valence-corrected chi connectivity index (χ3v) is 4.58. The zero-order chi connectivity index (χ0) is 17.5. The number of aliphatic imine (C=N–C) groups is 1. The van der Waals surface area contributed by atoms with E-state index in [-0.39, 0.29) is 0 Å². The lowest BCUT2D eigenvalue weighted by atomic mass is 10.1. The molecule has 5 heteroatoms. The molecule has 1 aliphatic heterocycles. The van der Waals surface area contributed by atoms with Gasteiger partial charge in [0.1, 0.15) is 5.75 Å². The van der Waals surface area contributed by atoms with Crippen molar-refractivity contribution in [1.29, 1.82) is 0 Å². The van der Waals surface area contributed by atoms with Crippen LogP contribution in [0.25, 0.3) is 22.1 Å². The fourth-order valence-electron chi connectivity index (χ4n) is 3.21. The van der Waals surface area contributed by atoms with Crippen LogP contribution in [0.5, 0.6) is 5.75 Å². The Morgan fingerprint density at radius 1 is 0.846 bits per heavy atom. The predicted octanol–water partition coefficient (Wildman–Crippen LogP) is 4.34. The Labute approximate surface area is 150 Å². The highest BCUT2D eigenvalue weighted by atomic mass is 16.5. The molecular weight excluding hydrogens is 324 g/mol. The van der Waals surface area contributed by atoms with Crippen LogP contribution in [-0.4, -0.2) is 29.3 Å². The first-order valence-electron chi connectivity index (χ1n) is 8.46. The van der Waals surface area contributed by atoms with Crippen molar-refractivity contribution in [1.82, 2.24) is 9.97 Å². The number of anilines is 1. The number of fused-ring (bicyclic) bond motifs is 3. The number of methoxy groups -OCH3 is 1. The first-order valence-corrected chi connectivity index (χ1v) is 8.46. The van der Waals surface area contributed by atoms with E-state index in [0.29, 0.717) is 6.54 Å². The van der Waals surface area contributed by atoms with E-state index in [9.17, 15) is 0 Å². The van der Waals surface area contributed by atoms with Gasteiger partial charge in [-0.2, -0.15) is 0 Å². The summed E-state index contributed by atoms with van der Waals surface area (Å²) < 4.78 is 5.23. The molecule has 1 aromatic heterocycles. The Hall–Kier alpha value is -3.47. The van der Waals surface area contributed by atoms with Crippen molar-refractivity contribution in [2.45, 2.75) is 0 Å².